The molecule has 0 aliphatic heterocycles. The van der Waals surface area contributed by atoms with Gasteiger partial charge in [-0.1, -0.05) is 30.3 Å². The van der Waals surface area contributed by atoms with Crippen LogP contribution in [0.2, 0.25) is 0 Å². The fourth-order valence-corrected chi connectivity index (χ4v) is 3.18. The van der Waals surface area contributed by atoms with Crippen LogP contribution < -0.4 is 0 Å². The van der Waals surface area contributed by atoms with Crippen LogP contribution in [0.3, 0.4) is 0 Å². The fourth-order valence-electron chi connectivity index (χ4n) is 3.18. The van der Waals surface area contributed by atoms with Gasteiger partial charge in [-0.05, 0) is 35.4 Å². The first-order chi connectivity index (χ1) is 13.8. The van der Waals surface area contributed by atoms with E-state index < -0.39 is 17.7 Å². The summed E-state index contributed by atoms with van der Waals surface area (Å²) in [5, 5.41) is 9.20. The SMILES string of the molecule is O=C(O)c1cccc(-c2ccnc3cc(Cc4cccc(C(F)(F)F)c4)oc23)c1. The van der Waals surface area contributed by atoms with Crippen LogP contribution >= 0.6 is 0 Å². The number of pyridine rings is 1. The number of hydrogen-bond acceptors (Lipinski definition) is 3. The molecule has 0 atom stereocenters. The fraction of sp³-hybridized carbons (Fsp3) is 0.0909. The Labute approximate surface area is 163 Å². The molecule has 4 aromatic rings. The molecule has 0 fully saturated rings. The number of hydrogen-bond donors (Lipinski definition) is 1. The lowest BCUT2D eigenvalue weighted by Gasteiger charge is -2.07. The molecule has 0 amide bonds. The number of halogens is 3. The van der Waals surface area contributed by atoms with Crippen molar-refractivity contribution in [2.75, 3.05) is 0 Å². The third-order valence-corrected chi connectivity index (χ3v) is 4.52. The predicted molar refractivity (Wildman–Crippen MR) is 101 cm³/mol. The zero-order chi connectivity index (χ0) is 20.6. The number of fused-ring (bicyclic) bond motifs is 1. The largest absolute Gasteiger partial charge is 0.478 e. The van der Waals surface area contributed by atoms with Gasteiger partial charge in [-0.15, -0.1) is 0 Å². The maximum absolute atomic E-state index is 12.9. The normalized spacial score (nSPS) is 11.7. The molecule has 0 aliphatic carbocycles. The zero-order valence-corrected chi connectivity index (χ0v) is 14.9. The highest BCUT2D eigenvalue weighted by Gasteiger charge is 2.30. The van der Waals surface area contributed by atoms with Gasteiger partial charge in [0.25, 0.3) is 0 Å². The average molecular weight is 397 g/mol. The maximum atomic E-state index is 12.9. The van der Waals surface area contributed by atoms with Crippen molar-refractivity contribution in [2.24, 2.45) is 0 Å². The highest BCUT2D eigenvalue weighted by atomic mass is 19.4. The number of furan rings is 1. The quantitative estimate of drug-likeness (QED) is 0.473. The minimum Gasteiger partial charge on any atom is -0.478 e. The molecule has 2 heterocycles. The monoisotopic (exact) mass is 397 g/mol. The molecule has 0 bridgehead atoms. The van der Waals surface area contributed by atoms with Crippen LogP contribution in [0.4, 0.5) is 13.2 Å². The molecule has 2 aromatic carbocycles. The summed E-state index contributed by atoms with van der Waals surface area (Å²) < 4.78 is 44.7. The smallest absolute Gasteiger partial charge is 0.416 e. The van der Waals surface area contributed by atoms with Crippen LogP contribution in [0.15, 0.2) is 71.3 Å². The van der Waals surface area contributed by atoms with E-state index in [4.69, 9.17) is 4.42 Å². The molecule has 4 rings (SSSR count). The number of nitrogens with zero attached hydrogens (tertiary/aromatic N) is 1. The summed E-state index contributed by atoms with van der Waals surface area (Å²) in [5.74, 6) is -0.574. The Morgan fingerprint density at radius 1 is 1.03 bits per heavy atom. The molecule has 0 saturated carbocycles. The third kappa shape index (κ3) is 3.85. The van der Waals surface area contributed by atoms with Crippen molar-refractivity contribution >= 4 is 17.1 Å². The van der Waals surface area contributed by atoms with Gasteiger partial charge in [0.1, 0.15) is 11.3 Å². The van der Waals surface area contributed by atoms with Gasteiger partial charge in [-0.25, -0.2) is 4.79 Å². The van der Waals surface area contributed by atoms with E-state index in [2.05, 4.69) is 4.98 Å². The van der Waals surface area contributed by atoms with E-state index in [1.807, 2.05) is 0 Å². The second-order valence-electron chi connectivity index (χ2n) is 6.55. The van der Waals surface area contributed by atoms with Crippen molar-refractivity contribution in [3.05, 3.63) is 89.3 Å². The van der Waals surface area contributed by atoms with Gasteiger partial charge in [0.05, 0.1) is 11.1 Å². The van der Waals surface area contributed by atoms with E-state index in [0.717, 1.165) is 12.1 Å². The molecule has 0 aliphatic rings. The number of alkyl halides is 3. The molecule has 1 N–H and O–H groups in total. The number of carboxylic acids is 1. The van der Waals surface area contributed by atoms with Crippen LogP contribution in [-0.4, -0.2) is 16.1 Å². The number of carboxylic acid groups (broad SMARTS) is 1. The van der Waals surface area contributed by atoms with E-state index in [0.29, 0.717) is 33.6 Å². The van der Waals surface area contributed by atoms with Crippen LogP contribution in [-0.2, 0) is 12.6 Å². The van der Waals surface area contributed by atoms with Crippen molar-refractivity contribution in [1.82, 2.24) is 4.98 Å². The zero-order valence-electron chi connectivity index (χ0n) is 14.9. The molecule has 0 radical (unpaired) electrons. The van der Waals surface area contributed by atoms with Crippen molar-refractivity contribution in [1.29, 1.82) is 0 Å². The molecule has 0 saturated heterocycles. The number of rotatable bonds is 4. The Morgan fingerprint density at radius 3 is 2.59 bits per heavy atom. The molecule has 0 unspecified atom stereocenters. The Bertz CT molecular complexity index is 1210. The molecular formula is C22H14F3NO3. The summed E-state index contributed by atoms with van der Waals surface area (Å²) in [6.45, 7) is 0. The highest BCUT2D eigenvalue weighted by Crippen LogP contribution is 2.32. The second-order valence-corrected chi connectivity index (χ2v) is 6.55. The van der Waals surface area contributed by atoms with Crippen LogP contribution in [0.5, 0.6) is 0 Å². The van der Waals surface area contributed by atoms with E-state index in [1.54, 1.807) is 36.5 Å². The molecule has 4 nitrogen and oxygen atoms in total. The van der Waals surface area contributed by atoms with Crippen LogP contribution in [0.25, 0.3) is 22.2 Å². The molecule has 29 heavy (non-hydrogen) atoms. The lowest BCUT2D eigenvalue weighted by atomic mass is 10.0. The Hall–Kier alpha value is -3.61. The Morgan fingerprint density at radius 2 is 1.83 bits per heavy atom. The van der Waals surface area contributed by atoms with Gasteiger partial charge in [-0.3, -0.25) is 4.98 Å². The Kier molecular flexibility index (Phi) is 4.58. The molecular weight excluding hydrogens is 383 g/mol. The first-order valence-corrected chi connectivity index (χ1v) is 8.68. The van der Waals surface area contributed by atoms with E-state index in [-0.39, 0.29) is 12.0 Å². The third-order valence-electron chi connectivity index (χ3n) is 4.52. The van der Waals surface area contributed by atoms with E-state index >= 15 is 0 Å². The first-order valence-electron chi connectivity index (χ1n) is 8.68. The average Bonchev–Trinajstić information content (AvgIpc) is 3.10. The van der Waals surface area contributed by atoms with Crippen LogP contribution in [0.1, 0.15) is 27.2 Å². The summed E-state index contributed by atoms with van der Waals surface area (Å²) in [6.07, 6.45) is -2.66. The van der Waals surface area contributed by atoms with Gasteiger partial charge >= 0.3 is 12.1 Å². The molecule has 7 heteroatoms. The van der Waals surface area contributed by atoms with Crippen molar-refractivity contribution in [3.63, 3.8) is 0 Å². The summed E-state index contributed by atoms with van der Waals surface area (Å²) in [5.41, 5.74) is 2.21. The van der Waals surface area contributed by atoms with Gasteiger partial charge in [0.2, 0.25) is 0 Å². The number of benzene rings is 2. The Balaban J connectivity index is 1.72. The van der Waals surface area contributed by atoms with Crippen LogP contribution in [0, 0.1) is 0 Å². The van der Waals surface area contributed by atoms with Gasteiger partial charge in [0, 0.05) is 24.2 Å². The van der Waals surface area contributed by atoms with Crippen molar-refractivity contribution in [2.45, 2.75) is 12.6 Å². The van der Waals surface area contributed by atoms with E-state index in [1.165, 1.54) is 18.2 Å². The summed E-state index contributed by atoms with van der Waals surface area (Å²) in [7, 11) is 0. The minimum absolute atomic E-state index is 0.142. The lowest BCUT2D eigenvalue weighted by molar-refractivity contribution is -0.137. The molecule has 0 spiro atoms. The number of aromatic nitrogens is 1. The molecule has 2 aromatic heterocycles. The number of carbonyl (C=O) groups is 1. The summed E-state index contributed by atoms with van der Waals surface area (Å²) >= 11 is 0. The van der Waals surface area contributed by atoms with Gasteiger partial charge < -0.3 is 9.52 Å². The van der Waals surface area contributed by atoms with Gasteiger partial charge in [-0.2, -0.15) is 13.2 Å². The van der Waals surface area contributed by atoms with Crippen molar-refractivity contribution < 1.29 is 27.5 Å². The minimum atomic E-state index is -4.41. The predicted octanol–water partition coefficient (Wildman–Crippen LogP) is 5.80. The second kappa shape index (κ2) is 7.09. The first kappa shape index (κ1) is 18.7. The maximum Gasteiger partial charge on any atom is 0.416 e. The van der Waals surface area contributed by atoms with E-state index in [9.17, 15) is 23.1 Å². The highest BCUT2D eigenvalue weighted by molar-refractivity contribution is 5.94. The van der Waals surface area contributed by atoms with Gasteiger partial charge in [0.15, 0.2) is 5.58 Å². The topological polar surface area (TPSA) is 63.3 Å². The van der Waals surface area contributed by atoms with Crippen molar-refractivity contribution in [3.8, 4) is 11.1 Å². The molecule has 146 valence electrons. The summed E-state index contributed by atoms with van der Waals surface area (Å²) in [4.78, 5) is 15.5. The standard InChI is InChI=1S/C22H14F3NO3/c23-22(24,25)16-6-1-3-13(9-16)10-17-12-19-20(29-17)18(7-8-26-19)14-4-2-5-15(11-14)21(27)28/h1-9,11-12H,10H2,(H,27,28). The lowest BCUT2D eigenvalue weighted by Crippen LogP contribution is -2.05. The number of aromatic carboxylic acids is 1. The summed E-state index contributed by atoms with van der Waals surface area (Å²) in [6, 6.07) is 14.9.